The summed E-state index contributed by atoms with van der Waals surface area (Å²) < 4.78 is 19.1. The van der Waals surface area contributed by atoms with Gasteiger partial charge in [-0.1, -0.05) is 23.2 Å². The number of anilines is 1. The van der Waals surface area contributed by atoms with Crippen molar-refractivity contribution in [3.05, 3.63) is 45.3 Å². The summed E-state index contributed by atoms with van der Waals surface area (Å²) in [6.45, 7) is 2.80. The number of hydrogen-bond acceptors (Lipinski definition) is 4. The number of carbonyl (C=O) groups is 2. The van der Waals surface area contributed by atoms with Crippen molar-refractivity contribution in [3.63, 3.8) is 0 Å². The van der Waals surface area contributed by atoms with Crippen molar-refractivity contribution in [2.45, 2.75) is 13.8 Å². The number of carbonyl (C=O) groups excluding carboxylic acids is 2. The topological polar surface area (TPSA) is 68.3 Å². The zero-order valence-corrected chi connectivity index (χ0v) is 14.5. The van der Waals surface area contributed by atoms with Crippen LogP contribution in [0.5, 0.6) is 0 Å². The molecule has 0 saturated heterocycles. The van der Waals surface area contributed by atoms with Crippen LogP contribution in [0.2, 0.25) is 10.0 Å². The number of nitrogens with zero attached hydrogens (tertiary/aromatic N) is 1. The predicted octanol–water partition coefficient (Wildman–Crippen LogP) is 4.25. The average Bonchev–Trinajstić information content (AvgIpc) is 2.53. The van der Waals surface area contributed by atoms with Crippen LogP contribution in [0.4, 0.5) is 10.1 Å². The van der Waals surface area contributed by atoms with Gasteiger partial charge in [0, 0.05) is 23.1 Å². The number of rotatable bonds is 3. The van der Waals surface area contributed by atoms with Gasteiger partial charge >= 0.3 is 5.97 Å². The van der Waals surface area contributed by atoms with Crippen LogP contribution in [0.15, 0.2) is 18.2 Å². The van der Waals surface area contributed by atoms with Gasteiger partial charge in [0.05, 0.1) is 23.5 Å². The molecule has 1 heterocycles. The largest absolute Gasteiger partial charge is 0.464 e. The van der Waals surface area contributed by atoms with Gasteiger partial charge in [0.2, 0.25) is 5.91 Å². The molecule has 5 nitrogen and oxygen atoms in total. The molecule has 24 heavy (non-hydrogen) atoms. The minimum absolute atomic E-state index is 0.0908. The van der Waals surface area contributed by atoms with E-state index in [2.05, 4.69) is 15.0 Å². The van der Waals surface area contributed by atoms with E-state index in [1.165, 1.54) is 32.0 Å². The molecule has 0 saturated carbocycles. The highest BCUT2D eigenvalue weighted by Gasteiger charge is 2.21. The number of pyridine rings is 1. The summed E-state index contributed by atoms with van der Waals surface area (Å²) >= 11 is 12.0. The van der Waals surface area contributed by atoms with E-state index < -0.39 is 17.7 Å². The number of amides is 1. The van der Waals surface area contributed by atoms with E-state index in [9.17, 15) is 14.0 Å². The first kappa shape index (κ1) is 18.2. The number of halogens is 3. The summed E-state index contributed by atoms with van der Waals surface area (Å²) in [5, 5.41) is 2.65. The Morgan fingerprint density at radius 1 is 1.29 bits per heavy atom. The van der Waals surface area contributed by atoms with Crippen LogP contribution in [-0.2, 0) is 9.53 Å². The number of aromatic nitrogens is 1. The molecule has 2 aromatic rings. The molecule has 1 aromatic heterocycles. The Hall–Kier alpha value is -2.18. The van der Waals surface area contributed by atoms with E-state index in [4.69, 9.17) is 23.2 Å². The van der Waals surface area contributed by atoms with Gasteiger partial charge in [0.25, 0.3) is 0 Å². The summed E-state index contributed by atoms with van der Waals surface area (Å²) in [6.07, 6.45) is 0. The first-order valence-corrected chi connectivity index (χ1v) is 7.53. The smallest absolute Gasteiger partial charge is 0.358 e. The summed E-state index contributed by atoms with van der Waals surface area (Å²) in [5.41, 5.74) is 0.367. The van der Waals surface area contributed by atoms with Crippen molar-refractivity contribution in [2.24, 2.45) is 0 Å². The third-order valence-electron chi connectivity index (χ3n) is 3.24. The third-order valence-corrected chi connectivity index (χ3v) is 4.04. The fraction of sp³-hybridized carbons (Fsp3) is 0.188. The second-order valence-corrected chi connectivity index (χ2v) is 5.71. The van der Waals surface area contributed by atoms with E-state index in [1.807, 2.05) is 0 Å². The predicted molar refractivity (Wildman–Crippen MR) is 90.0 cm³/mol. The highest BCUT2D eigenvalue weighted by molar-refractivity contribution is 6.36. The van der Waals surface area contributed by atoms with Crippen LogP contribution in [-0.4, -0.2) is 24.0 Å². The van der Waals surface area contributed by atoms with Gasteiger partial charge in [-0.3, -0.25) is 4.79 Å². The Morgan fingerprint density at radius 3 is 2.54 bits per heavy atom. The maximum absolute atomic E-state index is 14.5. The Labute approximate surface area is 147 Å². The number of methoxy groups -OCH3 is 1. The summed E-state index contributed by atoms with van der Waals surface area (Å²) in [6, 6.07) is 4.32. The van der Waals surface area contributed by atoms with Crippen molar-refractivity contribution < 1.29 is 18.7 Å². The van der Waals surface area contributed by atoms with Gasteiger partial charge in [-0.2, -0.15) is 0 Å². The monoisotopic (exact) mass is 370 g/mol. The molecule has 0 aliphatic carbocycles. The van der Waals surface area contributed by atoms with Crippen LogP contribution in [0.3, 0.4) is 0 Å². The first-order valence-electron chi connectivity index (χ1n) is 6.77. The zero-order valence-electron chi connectivity index (χ0n) is 13.0. The van der Waals surface area contributed by atoms with Gasteiger partial charge < -0.3 is 10.1 Å². The van der Waals surface area contributed by atoms with Gasteiger partial charge in [-0.05, 0) is 25.1 Å². The van der Waals surface area contributed by atoms with Crippen molar-refractivity contribution in [1.29, 1.82) is 0 Å². The Kier molecular flexibility index (Phi) is 5.41. The zero-order chi connectivity index (χ0) is 18.0. The molecule has 0 unspecified atom stereocenters. The molecule has 1 aromatic carbocycles. The van der Waals surface area contributed by atoms with E-state index >= 15 is 0 Å². The van der Waals surface area contributed by atoms with Crippen molar-refractivity contribution in [1.82, 2.24) is 4.98 Å². The molecule has 0 aliphatic heterocycles. The minimum atomic E-state index is -0.806. The maximum atomic E-state index is 14.5. The number of nitrogens with one attached hydrogen (secondary N) is 1. The van der Waals surface area contributed by atoms with Crippen molar-refractivity contribution in [3.8, 4) is 11.3 Å². The fourth-order valence-electron chi connectivity index (χ4n) is 2.04. The molecule has 8 heteroatoms. The SMILES string of the molecule is COC(=O)c1nc(-c2ccc(Cl)c(C)c2F)cc(NC(C)=O)c1Cl. The normalized spacial score (nSPS) is 10.4. The van der Waals surface area contributed by atoms with Gasteiger partial charge in [0.1, 0.15) is 5.82 Å². The Bertz CT molecular complexity index is 841. The van der Waals surface area contributed by atoms with Crippen LogP contribution in [0.25, 0.3) is 11.3 Å². The first-order chi connectivity index (χ1) is 11.3. The Morgan fingerprint density at radius 2 is 1.96 bits per heavy atom. The van der Waals surface area contributed by atoms with Crippen molar-refractivity contribution >= 4 is 40.8 Å². The molecule has 1 amide bonds. The number of esters is 1. The fourth-order valence-corrected chi connectivity index (χ4v) is 2.41. The molecular weight excluding hydrogens is 358 g/mol. The average molecular weight is 371 g/mol. The van der Waals surface area contributed by atoms with E-state index in [0.717, 1.165) is 7.11 Å². The van der Waals surface area contributed by atoms with Crippen LogP contribution in [0, 0.1) is 12.7 Å². The Balaban J connectivity index is 2.72. The van der Waals surface area contributed by atoms with Crippen LogP contribution >= 0.6 is 23.2 Å². The van der Waals surface area contributed by atoms with Crippen molar-refractivity contribution in [2.75, 3.05) is 12.4 Å². The van der Waals surface area contributed by atoms with Gasteiger partial charge in [-0.15, -0.1) is 0 Å². The van der Waals surface area contributed by atoms with Gasteiger partial charge in [-0.25, -0.2) is 14.2 Å². The second-order valence-electron chi connectivity index (χ2n) is 4.92. The molecule has 126 valence electrons. The molecule has 0 atom stereocenters. The highest BCUT2D eigenvalue weighted by atomic mass is 35.5. The molecule has 0 aliphatic rings. The molecule has 0 fully saturated rings. The van der Waals surface area contributed by atoms with E-state index in [1.54, 1.807) is 0 Å². The molecule has 2 rings (SSSR count). The molecule has 0 spiro atoms. The highest BCUT2D eigenvalue weighted by Crippen LogP contribution is 2.33. The molecule has 0 bridgehead atoms. The quantitative estimate of drug-likeness (QED) is 0.820. The van der Waals surface area contributed by atoms with Crippen LogP contribution in [0.1, 0.15) is 23.0 Å². The standard InChI is InChI=1S/C16H13Cl2FN2O3/c1-7-10(17)5-4-9(14(7)19)11-6-12(20-8(2)22)13(18)15(21-11)16(23)24-3/h4-6H,1-3H3,(H,20,21,22). The molecule has 1 N–H and O–H groups in total. The van der Waals surface area contributed by atoms with E-state index in [-0.39, 0.29) is 38.2 Å². The van der Waals surface area contributed by atoms with Gasteiger partial charge in [0.15, 0.2) is 5.69 Å². The molecular formula is C16H13Cl2FN2O3. The second kappa shape index (κ2) is 7.15. The number of hydrogen-bond donors (Lipinski definition) is 1. The lowest BCUT2D eigenvalue weighted by Crippen LogP contribution is -2.12. The maximum Gasteiger partial charge on any atom is 0.358 e. The number of ether oxygens (including phenoxy) is 1. The summed E-state index contributed by atoms with van der Waals surface area (Å²) in [7, 11) is 1.16. The lowest BCUT2D eigenvalue weighted by Gasteiger charge is -2.13. The van der Waals surface area contributed by atoms with E-state index in [0.29, 0.717) is 0 Å². The lowest BCUT2D eigenvalue weighted by atomic mass is 10.1. The molecule has 0 radical (unpaired) electrons. The number of benzene rings is 1. The van der Waals surface area contributed by atoms with Crippen LogP contribution < -0.4 is 5.32 Å². The lowest BCUT2D eigenvalue weighted by molar-refractivity contribution is -0.114. The summed E-state index contributed by atoms with van der Waals surface area (Å²) in [4.78, 5) is 27.3. The minimum Gasteiger partial charge on any atom is -0.464 e. The third kappa shape index (κ3) is 3.49. The summed E-state index contributed by atoms with van der Waals surface area (Å²) in [5.74, 6) is -1.79.